The summed E-state index contributed by atoms with van der Waals surface area (Å²) in [4.78, 5) is 46.1. The Balaban J connectivity index is -0.00000364. The van der Waals surface area contributed by atoms with E-state index in [1.54, 1.807) is 0 Å². The normalized spacial score (nSPS) is 9.80. The molecule has 0 bridgehead atoms. The van der Waals surface area contributed by atoms with E-state index in [0.29, 0.717) is 12.8 Å². The van der Waals surface area contributed by atoms with Gasteiger partial charge in [0.25, 0.3) is 0 Å². The number of unbranched alkanes of at least 4 members (excludes halogenated alkanes) is 12. The molecule has 0 aromatic rings. The van der Waals surface area contributed by atoms with Crippen molar-refractivity contribution in [1.29, 1.82) is 0 Å². The number of esters is 4. The van der Waals surface area contributed by atoms with E-state index in [4.69, 9.17) is 0 Å². The molecule has 30 heavy (non-hydrogen) atoms. The van der Waals surface area contributed by atoms with E-state index >= 15 is 0 Å². The summed E-state index contributed by atoms with van der Waals surface area (Å²) in [6.07, 6.45) is 14.7. The average molecular weight is 644 g/mol. The van der Waals surface area contributed by atoms with Gasteiger partial charge in [0, 0.05) is 12.8 Å². The zero-order chi connectivity index (χ0) is 21.0. The molecule has 0 aliphatic rings. The Morgan fingerprint density at radius 2 is 0.733 bits per heavy atom. The molecule has 6 nitrogen and oxygen atoms in total. The first-order chi connectivity index (χ1) is 13.5. The van der Waals surface area contributed by atoms with Gasteiger partial charge >= 0.3 is 71.7 Å². The number of carbonyl (C=O) groups excluding carboxylic acids is 4. The maximum absolute atomic E-state index is 11.6. The topological polar surface area (TPSA) is 86.7 Å². The van der Waals surface area contributed by atoms with Crippen molar-refractivity contribution < 1.29 is 28.7 Å². The van der Waals surface area contributed by atoms with Crippen molar-refractivity contribution in [2.75, 3.05) is 0 Å². The van der Waals surface area contributed by atoms with Gasteiger partial charge in [0.15, 0.2) is 0 Å². The van der Waals surface area contributed by atoms with Crippen LogP contribution in [0.5, 0.6) is 0 Å². The first kappa shape index (κ1) is 34.5. The molecule has 0 saturated carbocycles. The molecule has 0 aliphatic heterocycles. The summed E-state index contributed by atoms with van der Waals surface area (Å²) < 4.78 is 8.87. The summed E-state index contributed by atoms with van der Waals surface area (Å²) in [7, 11) is 0. The van der Waals surface area contributed by atoms with Gasteiger partial charge in [-0.1, -0.05) is 90.9 Å². The molecule has 0 N–H and O–H groups in total. The molecule has 0 aromatic carbocycles. The van der Waals surface area contributed by atoms with Crippen molar-refractivity contribution >= 4 is 71.7 Å². The SMILES string of the molecule is CCCCCCCCCC(=O)OC(=O)C(=O)OC(=O)CCCCCCCCC.[SnH4].[SnH4]. The monoisotopic (exact) mass is 646 g/mol. The Kier molecular flexibility index (Phi) is 28.9. The van der Waals surface area contributed by atoms with Gasteiger partial charge in [0.05, 0.1) is 0 Å². The maximum atomic E-state index is 11.6. The molecule has 0 fully saturated rings. The third-order valence-electron chi connectivity index (χ3n) is 4.55. The number of hydrogen-bond acceptors (Lipinski definition) is 6. The Morgan fingerprint density at radius 1 is 0.467 bits per heavy atom. The van der Waals surface area contributed by atoms with Crippen molar-refractivity contribution in [3.63, 3.8) is 0 Å². The van der Waals surface area contributed by atoms with Gasteiger partial charge in [-0.2, -0.15) is 0 Å². The Morgan fingerprint density at radius 3 is 1.03 bits per heavy atom. The van der Waals surface area contributed by atoms with Crippen molar-refractivity contribution in [2.45, 2.75) is 117 Å². The summed E-state index contributed by atoms with van der Waals surface area (Å²) in [6.45, 7) is 4.31. The van der Waals surface area contributed by atoms with Crippen LogP contribution >= 0.6 is 0 Å². The molecular weight excluding hydrogens is 598 g/mol. The van der Waals surface area contributed by atoms with Crippen LogP contribution in [0.4, 0.5) is 0 Å². The third-order valence-corrected chi connectivity index (χ3v) is 4.55. The van der Waals surface area contributed by atoms with Gasteiger partial charge in [-0.3, -0.25) is 9.59 Å². The van der Waals surface area contributed by atoms with E-state index in [2.05, 4.69) is 23.3 Å². The third kappa shape index (κ3) is 22.6. The molecule has 8 heteroatoms. The van der Waals surface area contributed by atoms with Crippen LogP contribution in [0.15, 0.2) is 0 Å². The van der Waals surface area contributed by atoms with Crippen molar-refractivity contribution in [1.82, 2.24) is 0 Å². The van der Waals surface area contributed by atoms with Gasteiger partial charge in [-0.25, -0.2) is 9.59 Å². The second kappa shape index (κ2) is 25.1. The molecule has 0 unspecified atom stereocenters. The van der Waals surface area contributed by atoms with Crippen LogP contribution < -0.4 is 0 Å². The van der Waals surface area contributed by atoms with Crippen LogP contribution in [0.3, 0.4) is 0 Å². The molecule has 0 spiro atoms. The van der Waals surface area contributed by atoms with Gasteiger partial charge in [0.1, 0.15) is 0 Å². The Hall–Kier alpha value is -0.123. The summed E-state index contributed by atoms with van der Waals surface area (Å²) in [6, 6.07) is 0. The predicted octanol–water partition coefficient (Wildman–Crippen LogP) is 2.50. The minimum absolute atomic E-state index is 0. The molecule has 0 atom stereocenters. The first-order valence-corrected chi connectivity index (χ1v) is 11.0. The van der Waals surface area contributed by atoms with Crippen LogP contribution in [-0.4, -0.2) is 71.7 Å². The van der Waals surface area contributed by atoms with E-state index in [0.717, 1.165) is 38.5 Å². The molecular formula is C22H46O6Sn2. The first-order valence-electron chi connectivity index (χ1n) is 11.0. The van der Waals surface area contributed by atoms with E-state index < -0.39 is 23.9 Å². The zero-order valence-corrected chi connectivity index (χ0v) is 17.8. The molecule has 0 heterocycles. The second-order valence-corrected chi connectivity index (χ2v) is 7.27. The standard InChI is InChI=1S/C22H38O6.2Sn.8H/c1-3-5-7-9-11-13-15-17-19(23)27-21(25)22(26)28-20(24)18-16-14-12-10-8-6-4-2;;;;;;;;;;/h3-18H2,1-2H3;;;;;;;;;;. The minimum atomic E-state index is -1.42. The second-order valence-electron chi connectivity index (χ2n) is 7.27. The van der Waals surface area contributed by atoms with Crippen LogP contribution in [0.25, 0.3) is 0 Å². The predicted molar refractivity (Wildman–Crippen MR) is 130 cm³/mol. The Bertz CT molecular complexity index is 427. The van der Waals surface area contributed by atoms with Crippen LogP contribution in [0, 0.1) is 0 Å². The zero-order valence-electron chi connectivity index (χ0n) is 17.8. The van der Waals surface area contributed by atoms with Crippen LogP contribution in [-0.2, 0) is 28.7 Å². The molecule has 178 valence electrons. The van der Waals surface area contributed by atoms with Crippen LogP contribution in [0.1, 0.15) is 117 Å². The molecule has 0 amide bonds. The molecule has 0 rings (SSSR count). The average Bonchev–Trinajstić information content (AvgIpc) is 2.66. The number of hydrogen-bond donors (Lipinski definition) is 0. The quantitative estimate of drug-likeness (QED) is 0.0845. The van der Waals surface area contributed by atoms with E-state index in [9.17, 15) is 19.2 Å². The Labute approximate surface area is 215 Å². The molecule has 0 aliphatic carbocycles. The number of ether oxygens (including phenoxy) is 2. The molecule has 0 saturated heterocycles. The van der Waals surface area contributed by atoms with Gasteiger partial charge in [0.2, 0.25) is 0 Å². The van der Waals surface area contributed by atoms with E-state index in [1.165, 1.54) is 38.5 Å². The number of rotatable bonds is 16. The van der Waals surface area contributed by atoms with Crippen LogP contribution in [0.2, 0.25) is 0 Å². The number of carbonyl (C=O) groups is 4. The fraction of sp³-hybridized carbons (Fsp3) is 0.818. The van der Waals surface area contributed by atoms with Crippen molar-refractivity contribution in [3.8, 4) is 0 Å². The van der Waals surface area contributed by atoms with Crippen molar-refractivity contribution in [3.05, 3.63) is 0 Å². The van der Waals surface area contributed by atoms with Gasteiger partial charge in [-0.05, 0) is 12.8 Å². The molecule has 0 aromatic heterocycles. The molecule has 0 radical (unpaired) electrons. The van der Waals surface area contributed by atoms with Gasteiger partial charge in [-0.15, -0.1) is 0 Å². The fourth-order valence-electron chi connectivity index (χ4n) is 2.85. The summed E-state index contributed by atoms with van der Waals surface area (Å²) in [5.74, 6) is -4.34. The van der Waals surface area contributed by atoms with E-state index in [-0.39, 0.29) is 60.7 Å². The fourth-order valence-corrected chi connectivity index (χ4v) is 2.85. The van der Waals surface area contributed by atoms with Gasteiger partial charge < -0.3 is 9.47 Å². The van der Waals surface area contributed by atoms with Crippen molar-refractivity contribution in [2.24, 2.45) is 0 Å². The summed E-state index contributed by atoms with van der Waals surface area (Å²) in [5, 5.41) is 0. The van der Waals surface area contributed by atoms with E-state index in [1.807, 2.05) is 0 Å². The summed E-state index contributed by atoms with van der Waals surface area (Å²) >= 11 is 0. The summed E-state index contributed by atoms with van der Waals surface area (Å²) in [5.41, 5.74) is 0.